The van der Waals surface area contributed by atoms with Crippen molar-refractivity contribution >= 4 is 30.1 Å². The van der Waals surface area contributed by atoms with Gasteiger partial charge in [-0.2, -0.15) is 12.6 Å². The van der Waals surface area contributed by atoms with Crippen molar-refractivity contribution in [2.24, 2.45) is 0 Å². The van der Waals surface area contributed by atoms with E-state index in [-0.39, 0.29) is 11.8 Å². The molecule has 0 spiro atoms. The number of hydrogen-bond acceptors (Lipinski definition) is 3. The van der Waals surface area contributed by atoms with Crippen LogP contribution in [0.1, 0.15) is 18.9 Å². The maximum absolute atomic E-state index is 11.5. The highest BCUT2D eigenvalue weighted by molar-refractivity contribution is 7.80. The predicted molar refractivity (Wildman–Crippen MR) is 75.7 cm³/mol. The Kier molecular flexibility index (Phi) is 5.71. The summed E-state index contributed by atoms with van der Waals surface area (Å²) in [7, 11) is 1.73. The van der Waals surface area contributed by atoms with Crippen LogP contribution in [-0.2, 0) is 16.1 Å². The van der Waals surface area contributed by atoms with Gasteiger partial charge in [-0.25, -0.2) is 0 Å². The van der Waals surface area contributed by atoms with E-state index in [1.54, 1.807) is 11.9 Å². The number of nitrogens with one attached hydrogen (secondary N) is 1. The second-order valence-corrected chi connectivity index (χ2v) is 4.50. The van der Waals surface area contributed by atoms with Gasteiger partial charge < -0.3 is 10.2 Å². The number of rotatable bonds is 5. The van der Waals surface area contributed by atoms with E-state index in [1.807, 2.05) is 24.3 Å². The molecule has 5 heteroatoms. The molecule has 0 fully saturated rings. The molecule has 0 atom stereocenters. The normalized spacial score (nSPS) is 9.94. The minimum atomic E-state index is -0.0667. The highest BCUT2D eigenvalue weighted by Crippen LogP contribution is 2.17. The number of para-hydroxylation sites is 1. The number of carbonyl (C=O) groups is 2. The molecule has 0 saturated heterocycles. The highest BCUT2D eigenvalue weighted by atomic mass is 32.1. The van der Waals surface area contributed by atoms with E-state index < -0.39 is 0 Å². The summed E-state index contributed by atoms with van der Waals surface area (Å²) in [6.07, 6.45) is 0.375. The van der Waals surface area contributed by atoms with Crippen molar-refractivity contribution in [3.63, 3.8) is 0 Å². The summed E-state index contributed by atoms with van der Waals surface area (Å²) in [5.74, 6) is 0.441. The van der Waals surface area contributed by atoms with Gasteiger partial charge in [0.15, 0.2) is 0 Å². The average molecular weight is 266 g/mol. The quantitative estimate of drug-likeness (QED) is 0.800. The van der Waals surface area contributed by atoms with Crippen molar-refractivity contribution in [2.75, 3.05) is 18.1 Å². The average Bonchev–Trinajstić information content (AvgIpc) is 2.31. The number of amides is 2. The molecule has 0 saturated carbocycles. The van der Waals surface area contributed by atoms with Crippen LogP contribution in [0.2, 0.25) is 0 Å². The Bertz CT molecular complexity index is 435. The fourth-order valence-corrected chi connectivity index (χ4v) is 1.66. The maximum Gasteiger partial charge on any atom is 0.225 e. The van der Waals surface area contributed by atoms with E-state index in [0.29, 0.717) is 18.7 Å². The Morgan fingerprint density at radius 3 is 2.61 bits per heavy atom. The summed E-state index contributed by atoms with van der Waals surface area (Å²) < 4.78 is 0. The van der Waals surface area contributed by atoms with E-state index in [2.05, 4.69) is 17.9 Å². The number of benzene rings is 1. The number of nitrogens with zero attached hydrogens (tertiary/aromatic N) is 1. The number of thiol groups is 1. The summed E-state index contributed by atoms with van der Waals surface area (Å²) in [5, 5.41) is 2.83. The minimum absolute atomic E-state index is 0.00788. The first-order valence-electron chi connectivity index (χ1n) is 5.75. The molecule has 1 aromatic carbocycles. The number of hydrogen-bond donors (Lipinski definition) is 2. The van der Waals surface area contributed by atoms with Crippen LogP contribution in [0.4, 0.5) is 5.69 Å². The predicted octanol–water partition coefficient (Wildman–Crippen LogP) is 1.92. The zero-order valence-corrected chi connectivity index (χ0v) is 11.5. The van der Waals surface area contributed by atoms with Crippen LogP contribution in [0.25, 0.3) is 0 Å². The standard InChI is InChI=1S/C13H18N2O2S/c1-10(16)15(2)9-11-5-3-4-6-12(11)14-13(17)7-8-18/h3-6,18H,7-9H2,1-2H3,(H,14,17). The Morgan fingerprint density at radius 2 is 2.00 bits per heavy atom. The van der Waals surface area contributed by atoms with Gasteiger partial charge in [-0.05, 0) is 17.4 Å². The Hall–Kier alpha value is -1.49. The number of anilines is 1. The van der Waals surface area contributed by atoms with Crippen LogP contribution >= 0.6 is 12.6 Å². The Labute approximate surface area is 113 Å². The van der Waals surface area contributed by atoms with E-state index in [0.717, 1.165) is 11.3 Å². The Balaban J connectivity index is 2.79. The zero-order valence-electron chi connectivity index (χ0n) is 10.6. The van der Waals surface area contributed by atoms with Gasteiger partial charge in [-0.1, -0.05) is 18.2 Å². The van der Waals surface area contributed by atoms with Crippen molar-refractivity contribution in [1.29, 1.82) is 0 Å². The van der Waals surface area contributed by atoms with E-state index in [1.165, 1.54) is 6.92 Å². The molecule has 4 nitrogen and oxygen atoms in total. The fourth-order valence-electron chi connectivity index (χ4n) is 1.46. The molecule has 0 aliphatic heterocycles. The Morgan fingerprint density at radius 1 is 1.33 bits per heavy atom. The summed E-state index contributed by atoms with van der Waals surface area (Å²) in [6.45, 7) is 1.99. The van der Waals surface area contributed by atoms with Gasteiger partial charge in [-0.3, -0.25) is 9.59 Å². The fraction of sp³-hybridized carbons (Fsp3) is 0.385. The van der Waals surface area contributed by atoms with Crippen molar-refractivity contribution in [2.45, 2.75) is 19.9 Å². The van der Waals surface area contributed by atoms with Gasteiger partial charge in [0.1, 0.15) is 0 Å². The second kappa shape index (κ2) is 7.06. The van der Waals surface area contributed by atoms with Crippen LogP contribution in [0.3, 0.4) is 0 Å². The summed E-state index contributed by atoms with van der Waals surface area (Å²) in [5.41, 5.74) is 1.67. The lowest BCUT2D eigenvalue weighted by Crippen LogP contribution is -2.24. The van der Waals surface area contributed by atoms with E-state index in [9.17, 15) is 9.59 Å². The lowest BCUT2D eigenvalue weighted by atomic mass is 10.1. The van der Waals surface area contributed by atoms with Crippen LogP contribution in [-0.4, -0.2) is 29.5 Å². The molecule has 1 N–H and O–H groups in total. The van der Waals surface area contributed by atoms with Crippen molar-refractivity contribution in [3.05, 3.63) is 29.8 Å². The third-order valence-corrected chi connectivity index (χ3v) is 2.80. The minimum Gasteiger partial charge on any atom is -0.342 e. The molecule has 1 aromatic rings. The molecule has 0 unspecified atom stereocenters. The molecule has 18 heavy (non-hydrogen) atoms. The highest BCUT2D eigenvalue weighted by Gasteiger charge is 2.09. The molecule has 0 radical (unpaired) electrons. The van der Waals surface area contributed by atoms with Gasteiger partial charge in [0.05, 0.1) is 0 Å². The summed E-state index contributed by atoms with van der Waals surface area (Å²) in [4.78, 5) is 24.4. The molecule has 2 amide bonds. The summed E-state index contributed by atoms with van der Waals surface area (Å²) >= 11 is 4.02. The summed E-state index contributed by atoms with van der Waals surface area (Å²) in [6, 6.07) is 7.47. The first-order valence-corrected chi connectivity index (χ1v) is 6.38. The topological polar surface area (TPSA) is 49.4 Å². The van der Waals surface area contributed by atoms with Crippen molar-refractivity contribution in [1.82, 2.24) is 4.90 Å². The first-order chi connectivity index (χ1) is 8.54. The van der Waals surface area contributed by atoms with Gasteiger partial charge in [-0.15, -0.1) is 0 Å². The zero-order chi connectivity index (χ0) is 13.5. The largest absolute Gasteiger partial charge is 0.342 e. The SMILES string of the molecule is CC(=O)N(C)Cc1ccccc1NC(=O)CCS. The van der Waals surface area contributed by atoms with Gasteiger partial charge in [0.25, 0.3) is 0 Å². The molecular formula is C13H18N2O2S. The van der Waals surface area contributed by atoms with Crippen LogP contribution in [0.5, 0.6) is 0 Å². The maximum atomic E-state index is 11.5. The third-order valence-electron chi connectivity index (χ3n) is 2.58. The van der Waals surface area contributed by atoms with Gasteiger partial charge in [0, 0.05) is 32.6 Å². The molecule has 0 aromatic heterocycles. The number of carbonyl (C=O) groups excluding carboxylic acids is 2. The third kappa shape index (κ3) is 4.41. The molecule has 0 aliphatic carbocycles. The van der Waals surface area contributed by atoms with Crippen LogP contribution in [0, 0.1) is 0 Å². The smallest absolute Gasteiger partial charge is 0.225 e. The van der Waals surface area contributed by atoms with Gasteiger partial charge >= 0.3 is 0 Å². The van der Waals surface area contributed by atoms with E-state index >= 15 is 0 Å². The molecule has 98 valence electrons. The molecule has 0 aliphatic rings. The first kappa shape index (κ1) is 14.6. The lowest BCUT2D eigenvalue weighted by molar-refractivity contribution is -0.128. The van der Waals surface area contributed by atoms with Crippen molar-refractivity contribution < 1.29 is 9.59 Å². The molecule has 0 bridgehead atoms. The lowest BCUT2D eigenvalue weighted by Gasteiger charge is -2.17. The second-order valence-electron chi connectivity index (χ2n) is 4.05. The molecular weight excluding hydrogens is 248 g/mol. The van der Waals surface area contributed by atoms with Crippen LogP contribution < -0.4 is 5.32 Å². The van der Waals surface area contributed by atoms with E-state index in [4.69, 9.17) is 0 Å². The monoisotopic (exact) mass is 266 g/mol. The molecule has 0 heterocycles. The van der Waals surface area contributed by atoms with Gasteiger partial charge in [0.2, 0.25) is 11.8 Å². The van der Waals surface area contributed by atoms with Crippen molar-refractivity contribution in [3.8, 4) is 0 Å². The molecule has 1 rings (SSSR count). The van der Waals surface area contributed by atoms with Crippen LogP contribution in [0.15, 0.2) is 24.3 Å².